The van der Waals surface area contributed by atoms with Crippen molar-refractivity contribution in [1.82, 2.24) is 0 Å². The minimum absolute atomic E-state index is 0.391. The molecule has 5 nitrogen and oxygen atoms in total. The molecule has 0 amide bonds. The predicted octanol–water partition coefficient (Wildman–Crippen LogP) is 0.896. The molecule has 58 valence electrons. The maximum atomic E-state index is 8.09. The number of nitrogens with zero attached hydrogens (tertiary/aromatic N) is 2. The van der Waals surface area contributed by atoms with Crippen LogP contribution in [0.15, 0.2) is 26.9 Å². The lowest BCUT2D eigenvalue weighted by Crippen LogP contribution is -1.75. The summed E-state index contributed by atoms with van der Waals surface area (Å²) >= 11 is 0. The Balaban J connectivity index is 2.81. The van der Waals surface area contributed by atoms with E-state index in [4.69, 9.17) is 14.8 Å². The molecule has 2 N–H and O–H groups in total. The maximum Gasteiger partial charge on any atom is 0.149 e. The summed E-state index contributed by atoms with van der Waals surface area (Å²) in [5, 5.41) is 21.7. The van der Waals surface area contributed by atoms with E-state index in [0.717, 1.165) is 12.4 Å². The largest absolute Gasteiger partial charge is 0.454 e. The van der Waals surface area contributed by atoms with Gasteiger partial charge in [0.05, 0.1) is 0 Å². The SMILES string of the molecule is O/N=C/c1ccc(/C=N/O)o1. The molecule has 1 aromatic rings. The van der Waals surface area contributed by atoms with Crippen molar-refractivity contribution < 1.29 is 14.8 Å². The van der Waals surface area contributed by atoms with E-state index in [0.29, 0.717) is 11.5 Å². The van der Waals surface area contributed by atoms with Crippen molar-refractivity contribution in [2.45, 2.75) is 0 Å². The molecule has 0 spiro atoms. The first kappa shape index (κ1) is 7.33. The van der Waals surface area contributed by atoms with Crippen LogP contribution in [0.5, 0.6) is 0 Å². The van der Waals surface area contributed by atoms with Gasteiger partial charge < -0.3 is 14.8 Å². The smallest absolute Gasteiger partial charge is 0.149 e. The Bertz CT molecular complexity index is 251. The first-order chi connectivity index (χ1) is 5.36. The van der Waals surface area contributed by atoms with Crippen LogP contribution in [0.2, 0.25) is 0 Å². The molecule has 0 atom stereocenters. The second-order valence-corrected chi connectivity index (χ2v) is 1.73. The van der Waals surface area contributed by atoms with Crippen LogP contribution in [0, 0.1) is 0 Å². The van der Waals surface area contributed by atoms with E-state index < -0.39 is 0 Å². The van der Waals surface area contributed by atoms with Crippen LogP contribution >= 0.6 is 0 Å². The summed E-state index contributed by atoms with van der Waals surface area (Å²) in [7, 11) is 0. The lowest BCUT2D eigenvalue weighted by molar-refractivity contribution is 0.319. The minimum atomic E-state index is 0.391. The van der Waals surface area contributed by atoms with E-state index in [1.807, 2.05) is 0 Å². The van der Waals surface area contributed by atoms with Gasteiger partial charge in [-0.05, 0) is 12.1 Å². The van der Waals surface area contributed by atoms with Crippen molar-refractivity contribution in [1.29, 1.82) is 0 Å². The number of hydrogen-bond acceptors (Lipinski definition) is 5. The lowest BCUT2D eigenvalue weighted by Gasteiger charge is -1.80. The van der Waals surface area contributed by atoms with Crippen LogP contribution in [0.4, 0.5) is 0 Å². The average Bonchev–Trinajstić information content (AvgIpc) is 2.38. The van der Waals surface area contributed by atoms with Crippen LogP contribution in [0.25, 0.3) is 0 Å². The molecule has 0 aliphatic carbocycles. The summed E-state index contributed by atoms with van der Waals surface area (Å²) in [6.07, 6.45) is 2.27. The van der Waals surface area contributed by atoms with Crippen molar-refractivity contribution in [3.05, 3.63) is 23.7 Å². The molecular formula is C6H6N2O3. The third kappa shape index (κ3) is 1.82. The molecule has 1 rings (SSSR count). The highest BCUT2D eigenvalue weighted by molar-refractivity contribution is 5.80. The molecule has 1 heterocycles. The quantitative estimate of drug-likeness (QED) is 0.377. The van der Waals surface area contributed by atoms with Gasteiger partial charge in [0.25, 0.3) is 0 Å². The fourth-order valence-electron chi connectivity index (χ4n) is 0.621. The van der Waals surface area contributed by atoms with E-state index in [-0.39, 0.29) is 0 Å². The molecule has 11 heavy (non-hydrogen) atoms. The first-order valence-electron chi connectivity index (χ1n) is 2.81. The number of hydrogen-bond donors (Lipinski definition) is 2. The molecule has 0 bridgehead atoms. The number of oxime groups is 2. The van der Waals surface area contributed by atoms with Crippen molar-refractivity contribution in [3.63, 3.8) is 0 Å². The summed E-state index contributed by atoms with van der Waals surface area (Å²) in [4.78, 5) is 0. The molecule has 0 fully saturated rings. The molecule has 1 aromatic heterocycles. The van der Waals surface area contributed by atoms with Gasteiger partial charge >= 0.3 is 0 Å². The van der Waals surface area contributed by atoms with Crippen molar-refractivity contribution in [3.8, 4) is 0 Å². The number of rotatable bonds is 2. The van der Waals surface area contributed by atoms with Crippen LogP contribution in [-0.2, 0) is 0 Å². The summed E-state index contributed by atoms with van der Waals surface area (Å²) in [6.45, 7) is 0. The van der Waals surface area contributed by atoms with Gasteiger partial charge in [-0.2, -0.15) is 0 Å². The highest BCUT2D eigenvalue weighted by Gasteiger charge is 1.95. The fraction of sp³-hybridized carbons (Fsp3) is 0. The van der Waals surface area contributed by atoms with Crippen molar-refractivity contribution in [2.75, 3.05) is 0 Å². The Kier molecular flexibility index (Phi) is 2.27. The van der Waals surface area contributed by atoms with Gasteiger partial charge in [0.1, 0.15) is 23.9 Å². The van der Waals surface area contributed by atoms with Crippen LogP contribution in [0.3, 0.4) is 0 Å². The first-order valence-corrected chi connectivity index (χ1v) is 2.81. The van der Waals surface area contributed by atoms with Crippen molar-refractivity contribution in [2.24, 2.45) is 10.3 Å². The molecule has 0 unspecified atom stereocenters. The Morgan fingerprint density at radius 3 is 1.91 bits per heavy atom. The van der Waals surface area contributed by atoms with E-state index in [9.17, 15) is 0 Å². The van der Waals surface area contributed by atoms with Gasteiger partial charge in [0.2, 0.25) is 0 Å². The van der Waals surface area contributed by atoms with Crippen LogP contribution in [0.1, 0.15) is 11.5 Å². The third-order valence-electron chi connectivity index (χ3n) is 1.02. The molecule has 0 saturated carbocycles. The minimum Gasteiger partial charge on any atom is -0.454 e. The van der Waals surface area contributed by atoms with Crippen LogP contribution < -0.4 is 0 Å². The van der Waals surface area contributed by atoms with E-state index in [1.165, 1.54) is 0 Å². The van der Waals surface area contributed by atoms with Gasteiger partial charge in [-0.25, -0.2) is 0 Å². The van der Waals surface area contributed by atoms with Crippen molar-refractivity contribution >= 4 is 12.4 Å². The summed E-state index contributed by atoms with van der Waals surface area (Å²) in [5.74, 6) is 0.782. The molecule has 0 aliphatic heterocycles. The topological polar surface area (TPSA) is 78.3 Å². The van der Waals surface area contributed by atoms with E-state index in [2.05, 4.69) is 10.3 Å². The van der Waals surface area contributed by atoms with E-state index >= 15 is 0 Å². The maximum absolute atomic E-state index is 8.09. The Hall–Kier alpha value is -1.78. The second kappa shape index (κ2) is 3.40. The Labute approximate surface area is 62.2 Å². The molecule has 0 aliphatic rings. The predicted molar refractivity (Wildman–Crippen MR) is 37.5 cm³/mol. The monoisotopic (exact) mass is 154 g/mol. The Morgan fingerprint density at radius 2 is 1.55 bits per heavy atom. The van der Waals surface area contributed by atoms with Crippen LogP contribution in [-0.4, -0.2) is 22.8 Å². The van der Waals surface area contributed by atoms with Gasteiger partial charge in [-0.1, -0.05) is 10.3 Å². The highest BCUT2D eigenvalue weighted by Crippen LogP contribution is 2.02. The zero-order valence-electron chi connectivity index (χ0n) is 5.51. The molecule has 0 saturated heterocycles. The lowest BCUT2D eigenvalue weighted by atomic mass is 10.4. The zero-order chi connectivity index (χ0) is 8.10. The third-order valence-corrected chi connectivity index (χ3v) is 1.02. The van der Waals surface area contributed by atoms with E-state index in [1.54, 1.807) is 12.1 Å². The van der Waals surface area contributed by atoms with Gasteiger partial charge in [0.15, 0.2) is 0 Å². The molecule has 0 aromatic carbocycles. The summed E-state index contributed by atoms with van der Waals surface area (Å²) in [6, 6.07) is 3.16. The molecular weight excluding hydrogens is 148 g/mol. The average molecular weight is 154 g/mol. The van der Waals surface area contributed by atoms with Gasteiger partial charge in [0, 0.05) is 0 Å². The van der Waals surface area contributed by atoms with Gasteiger partial charge in [-0.3, -0.25) is 0 Å². The van der Waals surface area contributed by atoms with Gasteiger partial charge in [-0.15, -0.1) is 0 Å². The Morgan fingerprint density at radius 1 is 1.09 bits per heavy atom. The second-order valence-electron chi connectivity index (χ2n) is 1.73. The molecule has 5 heteroatoms. The fourth-order valence-corrected chi connectivity index (χ4v) is 0.621. The summed E-state index contributed by atoms with van der Waals surface area (Å²) < 4.78 is 4.95. The summed E-state index contributed by atoms with van der Waals surface area (Å²) in [5.41, 5.74) is 0. The standard InChI is InChI=1S/C6H6N2O3/c9-7-3-5-1-2-6(11-5)4-8-10/h1-4,9-10H/b7-3+,8-4+. The zero-order valence-corrected chi connectivity index (χ0v) is 5.51. The highest BCUT2D eigenvalue weighted by atomic mass is 16.4. The molecule has 0 radical (unpaired) electrons. The normalized spacial score (nSPS) is 11.6. The number of furan rings is 1.